The minimum absolute atomic E-state index is 0.0392. The molecule has 6 aliphatic rings. The monoisotopic (exact) mass is 806 g/mol. The number of amides is 4. The van der Waals surface area contributed by atoms with Crippen LogP contribution in [0.1, 0.15) is 114 Å². The lowest BCUT2D eigenvalue weighted by Crippen LogP contribution is -2.70. The number of hydrogen-bond acceptors (Lipinski definition) is 11. The van der Waals surface area contributed by atoms with E-state index in [0.29, 0.717) is 79.7 Å². The van der Waals surface area contributed by atoms with E-state index in [-0.39, 0.29) is 25.5 Å². The summed E-state index contributed by atoms with van der Waals surface area (Å²) >= 11 is 0. The molecule has 57 heavy (non-hydrogen) atoms. The van der Waals surface area contributed by atoms with Gasteiger partial charge in [-0.25, -0.2) is 23.2 Å². The van der Waals surface area contributed by atoms with Crippen molar-refractivity contribution in [2.45, 2.75) is 151 Å². The van der Waals surface area contributed by atoms with Gasteiger partial charge >= 0.3 is 6.09 Å². The Labute approximate surface area is 333 Å². The molecule has 4 fully saturated rings. The van der Waals surface area contributed by atoms with E-state index in [4.69, 9.17) is 19.2 Å². The molecule has 1 spiro atoms. The number of nitrogens with zero attached hydrogens (tertiary/aromatic N) is 3. The summed E-state index contributed by atoms with van der Waals surface area (Å²) < 4.78 is 46.0. The highest BCUT2D eigenvalue weighted by molar-refractivity contribution is 7.91. The summed E-state index contributed by atoms with van der Waals surface area (Å²) in [6, 6.07) is 1.54. The van der Waals surface area contributed by atoms with Gasteiger partial charge in [-0.05, 0) is 103 Å². The first-order valence-electron chi connectivity index (χ1n) is 20.6. The van der Waals surface area contributed by atoms with Gasteiger partial charge in [0.15, 0.2) is 0 Å². The molecular formula is C41H54N6O9S. The molecule has 16 heteroatoms. The van der Waals surface area contributed by atoms with Gasteiger partial charge in [-0.3, -0.25) is 19.1 Å². The van der Waals surface area contributed by atoms with Gasteiger partial charge in [0.05, 0.1) is 35.1 Å². The van der Waals surface area contributed by atoms with Crippen LogP contribution in [0.3, 0.4) is 0 Å². The number of alkyl carbamates (subject to hydrolysis) is 1. The minimum atomic E-state index is -4.01. The Bertz CT molecular complexity index is 2100. The molecule has 2 aromatic rings. The molecular weight excluding hydrogens is 753 g/mol. The summed E-state index contributed by atoms with van der Waals surface area (Å²) in [5.41, 5.74) is 0.309. The fourth-order valence-electron chi connectivity index (χ4n) is 9.35. The number of sulfonamides is 1. The zero-order valence-electron chi connectivity index (χ0n) is 33.1. The molecule has 2 aromatic heterocycles. The lowest BCUT2D eigenvalue weighted by Gasteiger charge is -2.48. The molecule has 0 bridgehead atoms. The summed E-state index contributed by atoms with van der Waals surface area (Å²) in [6.07, 6.45) is 12.6. The van der Waals surface area contributed by atoms with E-state index in [9.17, 15) is 27.6 Å². The zero-order valence-corrected chi connectivity index (χ0v) is 33.9. The van der Waals surface area contributed by atoms with Gasteiger partial charge in [-0.1, -0.05) is 25.0 Å². The van der Waals surface area contributed by atoms with Crippen molar-refractivity contribution < 1.29 is 41.8 Å². The minimum Gasteiger partial charge on any atom is -0.483 e. The maximum atomic E-state index is 14.9. The Morgan fingerprint density at radius 2 is 1.77 bits per heavy atom. The third-order valence-corrected chi connectivity index (χ3v) is 15.5. The van der Waals surface area contributed by atoms with Gasteiger partial charge in [-0.15, -0.1) is 0 Å². The van der Waals surface area contributed by atoms with Crippen LogP contribution in [0.5, 0.6) is 11.6 Å². The van der Waals surface area contributed by atoms with Gasteiger partial charge < -0.3 is 29.7 Å². The van der Waals surface area contributed by atoms with E-state index in [2.05, 4.69) is 20.3 Å². The molecule has 4 amide bonds. The predicted molar refractivity (Wildman–Crippen MR) is 209 cm³/mol. The third-order valence-electron chi connectivity index (χ3n) is 13.3. The molecule has 0 radical (unpaired) electrons. The van der Waals surface area contributed by atoms with Gasteiger partial charge in [0, 0.05) is 24.0 Å². The molecule has 15 nitrogen and oxygen atoms in total. The van der Waals surface area contributed by atoms with Crippen molar-refractivity contribution >= 4 is 44.9 Å². The van der Waals surface area contributed by atoms with Crippen molar-refractivity contribution in [2.75, 3.05) is 13.7 Å². The number of carbonyl (C=O) groups excluding carboxylic acids is 4. The van der Waals surface area contributed by atoms with Crippen LogP contribution in [0.2, 0.25) is 0 Å². The number of nitrogens with one attached hydrogen (secondary N) is 3. The van der Waals surface area contributed by atoms with Crippen molar-refractivity contribution in [3.63, 3.8) is 0 Å². The first-order valence-corrected chi connectivity index (χ1v) is 22.1. The van der Waals surface area contributed by atoms with Crippen molar-refractivity contribution in [3.05, 3.63) is 35.5 Å². The van der Waals surface area contributed by atoms with Crippen LogP contribution >= 0.6 is 0 Å². The second-order valence-corrected chi connectivity index (χ2v) is 19.5. The lowest BCUT2D eigenvalue weighted by atomic mass is 9.65. The standard InChI is InChI=1S/C41H54N6O9S/c1-25-34-28(33-29(42-25)15-16-32(44-33)54-3)18-19-40(56-34)23-31-35(48)45-41(37(50)46-57(52,53)39(2)21-22-39)20-17-26(41)11-7-5-4-6-8-14-30(36(49)47(31)24-40)43-38(51)55-27-12-9-10-13-27/h7,11,15-16,26-27,30-31H,4-6,8-10,12-14,17-24H2,1-3H3,(H,43,51)(H,45,48)(H,46,50). The molecule has 0 aromatic carbocycles. The van der Waals surface area contributed by atoms with Crippen molar-refractivity contribution in [2.24, 2.45) is 5.92 Å². The third kappa shape index (κ3) is 7.42. The Kier molecular flexibility index (Phi) is 10.4. The van der Waals surface area contributed by atoms with Crippen molar-refractivity contribution in [1.82, 2.24) is 30.2 Å². The SMILES string of the molecule is COc1ccc2nc(C)c3c(c2n1)CCC1(CC2C(=O)NC4(C(=O)NS(=O)(=O)C5(C)CC5)CCC4C=CCCCCCC(NC(=O)OC4CCCC4)C(=O)N2C1)O3. The highest BCUT2D eigenvalue weighted by Crippen LogP contribution is 2.47. The van der Waals surface area contributed by atoms with Crippen LogP contribution in [0, 0.1) is 12.8 Å². The van der Waals surface area contributed by atoms with E-state index in [1.807, 2.05) is 25.1 Å². The molecule has 5 atom stereocenters. The largest absolute Gasteiger partial charge is 0.483 e. The molecule has 8 rings (SSSR count). The number of rotatable bonds is 6. The Morgan fingerprint density at radius 1 is 1.00 bits per heavy atom. The molecule has 1 saturated heterocycles. The lowest BCUT2D eigenvalue weighted by molar-refractivity contribution is -0.144. The molecule has 5 heterocycles. The smallest absolute Gasteiger partial charge is 0.408 e. The Balaban J connectivity index is 1.14. The number of aryl methyl sites for hydroxylation is 2. The molecule has 5 unspecified atom stereocenters. The summed E-state index contributed by atoms with van der Waals surface area (Å²) in [5.74, 6) is -1.26. The summed E-state index contributed by atoms with van der Waals surface area (Å²) in [5, 5.41) is 5.88. The molecule has 308 valence electrons. The first-order chi connectivity index (χ1) is 27.3. The number of fused-ring (bicyclic) bond motifs is 5. The zero-order chi connectivity index (χ0) is 40.2. The quantitative estimate of drug-likeness (QED) is 0.350. The van der Waals surface area contributed by atoms with Crippen LogP contribution in [0.4, 0.5) is 4.79 Å². The summed E-state index contributed by atoms with van der Waals surface area (Å²) in [6.45, 7) is 3.50. The van der Waals surface area contributed by atoms with Crippen molar-refractivity contribution in [1.29, 1.82) is 0 Å². The molecule has 3 aliphatic heterocycles. The average Bonchev–Trinajstić information content (AvgIpc) is 3.56. The maximum Gasteiger partial charge on any atom is 0.408 e. The van der Waals surface area contributed by atoms with Crippen LogP contribution in [-0.2, 0) is 35.6 Å². The van der Waals surface area contributed by atoms with Gasteiger partial charge in [0.1, 0.15) is 35.1 Å². The van der Waals surface area contributed by atoms with Gasteiger partial charge in [-0.2, -0.15) is 0 Å². The highest BCUT2D eigenvalue weighted by Gasteiger charge is 2.59. The number of hydrogen-bond donors (Lipinski definition) is 3. The number of carbonyl (C=O) groups is 4. The predicted octanol–water partition coefficient (Wildman–Crippen LogP) is 4.43. The summed E-state index contributed by atoms with van der Waals surface area (Å²) in [7, 11) is -2.46. The fraction of sp³-hybridized carbons (Fsp3) is 0.659. The second-order valence-electron chi connectivity index (χ2n) is 17.3. The number of pyridine rings is 2. The van der Waals surface area contributed by atoms with Crippen molar-refractivity contribution in [3.8, 4) is 11.6 Å². The Hall–Kier alpha value is -4.47. The van der Waals surface area contributed by atoms with E-state index < -0.39 is 67.7 Å². The maximum absolute atomic E-state index is 14.9. The average molecular weight is 807 g/mol. The topological polar surface area (TPSA) is 195 Å². The molecule has 3 aliphatic carbocycles. The first kappa shape index (κ1) is 39.4. The number of aromatic nitrogens is 2. The summed E-state index contributed by atoms with van der Waals surface area (Å²) in [4.78, 5) is 68.1. The van der Waals surface area contributed by atoms with Gasteiger partial charge in [0.25, 0.3) is 5.91 Å². The fourth-order valence-corrected chi connectivity index (χ4v) is 10.7. The number of allylic oxidation sites excluding steroid dienone is 1. The molecule has 3 N–H and O–H groups in total. The van der Waals surface area contributed by atoms with E-state index in [1.165, 1.54) is 4.90 Å². The van der Waals surface area contributed by atoms with E-state index >= 15 is 0 Å². The van der Waals surface area contributed by atoms with Crippen LogP contribution < -0.4 is 24.8 Å². The highest BCUT2D eigenvalue weighted by atomic mass is 32.2. The van der Waals surface area contributed by atoms with Crippen LogP contribution in [0.25, 0.3) is 11.0 Å². The van der Waals surface area contributed by atoms with Crippen LogP contribution in [-0.4, -0.2) is 94.8 Å². The van der Waals surface area contributed by atoms with E-state index in [1.54, 1.807) is 20.1 Å². The molecule has 3 saturated carbocycles. The van der Waals surface area contributed by atoms with E-state index in [0.717, 1.165) is 44.1 Å². The van der Waals surface area contributed by atoms with Crippen LogP contribution in [0.15, 0.2) is 24.3 Å². The normalized spacial score (nSPS) is 30.1. The van der Waals surface area contributed by atoms with Gasteiger partial charge in [0.2, 0.25) is 27.7 Å². The number of ether oxygens (including phenoxy) is 3. The Morgan fingerprint density at radius 3 is 2.49 bits per heavy atom. The number of methoxy groups -OCH3 is 1. The second kappa shape index (κ2) is 15.0.